The molecule has 0 radical (unpaired) electrons. The Morgan fingerprint density at radius 3 is 2.33 bits per heavy atom. The summed E-state index contributed by atoms with van der Waals surface area (Å²) in [5.41, 5.74) is 7.50. The van der Waals surface area contributed by atoms with E-state index in [1.54, 1.807) is 13.2 Å². The quantitative estimate of drug-likeness (QED) is 0.399. The average Bonchev–Trinajstić information content (AvgIpc) is 2.79. The van der Waals surface area contributed by atoms with Gasteiger partial charge in [0, 0.05) is 16.7 Å². The molecule has 148 valence electrons. The van der Waals surface area contributed by atoms with Crippen LogP contribution in [0.2, 0.25) is 0 Å². The molecule has 0 fully saturated rings. The van der Waals surface area contributed by atoms with Gasteiger partial charge in [-0.15, -0.1) is 0 Å². The largest absolute Gasteiger partial charge is 0.497 e. The lowest BCUT2D eigenvalue weighted by atomic mass is 9.92. The first-order valence-electron chi connectivity index (χ1n) is 9.80. The van der Waals surface area contributed by atoms with Crippen LogP contribution in [-0.4, -0.2) is 12.1 Å². The van der Waals surface area contributed by atoms with Crippen LogP contribution in [-0.2, 0) is 6.61 Å². The standard InChI is InChI=1S/C26H20FNO2/c1-16-3-5-18(6-4-16)24-14-21(17-7-10-20(29-2)11-8-17)23-15-30-25-12-9-19(27)13-22(25)26(23)28-24/h3-14H,15H2,1-2H3. The van der Waals surface area contributed by atoms with Crippen molar-refractivity contribution >= 4 is 0 Å². The Kier molecular flexibility index (Phi) is 4.47. The molecule has 4 heteroatoms. The Labute approximate surface area is 174 Å². The number of nitrogens with zero attached hydrogens (tertiary/aromatic N) is 1. The predicted molar refractivity (Wildman–Crippen MR) is 116 cm³/mol. The van der Waals surface area contributed by atoms with E-state index in [4.69, 9.17) is 14.5 Å². The predicted octanol–water partition coefficient (Wildman–Crippen LogP) is 6.43. The van der Waals surface area contributed by atoms with Crippen LogP contribution in [0.5, 0.6) is 11.5 Å². The normalized spacial score (nSPS) is 12.0. The summed E-state index contributed by atoms with van der Waals surface area (Å²) < 4.78 is 25.3. The molecule has 2 heterocycles. The maximum absolute atomic E-state index is 14.1. The van der Waals surface area contributed by atoms with E-state index in [0.29, 0.717) is 17.9 Å². The number of rotatable bonds is 3. The van der Waals surface area contributed by atoms with Crippen LogP contribution >= 0.6 is 0 Å². The van der Waals surface area contributed by atoms with E-state index in [2.05, 4.69) is 37.3 Å². The van der Waals surface area contributed by atoms with E-state index >= 15 is 0 Å². The maximum Gasteiger partial charge on any atom is 0.129 e. The molecule has 0 aliphatic carbocycles. The zero-order chi connectivity index (χ0) is 20.7. The maximum atomic E-state index is 14.1. The minimum Gasteiger partial charge on any atom is -0.497 e. The van der Waals surface area contributed by atoms with Gasteiger partial charge in [0.05, 0.1) is 18.5 Å². The Bertz CT molecular complexity index is 1230. The molecule has 0 saturated heterocycles. The van der Waals surface area contributed by atoms with Crippen LogP contribution in [0.1, 0.15) is 11.1 Å². The molecular weight excluding hydrogens is 377 g/mol. The number of hydrogen-bond acceptors (Lipinski definition) is 3. The summed E-state index contributed by atoms with van der Waals surface area (Å²) in [5, 5.41) is 0. The fraction of sp³-hybridized carbons (Fsp3) is 0.115. The zero-order valence-corrected chi connectivity index (χ0v) is 16.8. The van der Waals surface area contributed by atoms with Gasteiger partial charge in [0.1, 0.15) is 23.9 Å². The first-order valence-corrected chi connectivity index (χ1v) is 9.80. The minimum atomic E-state index is -0.307. The van der Waals surface area contributed by atoms with E-state index in [0.717, 1.165) is 39.4 Å². The van der Waals surface area contributed by atoms with Gasteiger partial charge in [0.2, 0.25) is 0 Å². The third-order valence-electron chi connectivity index (χ3n) is 5.44. The summed E-state index contributed by atoms with van der Waals surface area (Å²) in [4.78, 5) is 4.94. The highest BCUT2D eigenvalue weighted by Crippen LogP contribution is 2.42. The lowest BCUT2D eigenvalue weighted by Gasteiger charge is -2.24. The number of halogens is 1. The summed E-state index contributed by atoms with van der Waals surface area (Å²) in [6.45, 7) is 2.44. The van der Waals surface area contributed by atoms with Crippen molar-refractivity contribution in [1.29, 1.82) is 0 Å². The fourth-order valence-electron chi connectivity index (χ4n) is 3.80. The van der Waals surface area contributed by atoms with Crippen LogP contribution in [0.25, 0.3) is 33.6 Å². The lowest BCUT2D eigenvalue weighted by Crippen LogP contribution is -2.10. The van der Waals surface area contributed by atoms with E-state index in [9.17, 15) is 4.39 Å². The summed E-state index contributed by atoms with van der Waals surface area (Å²) >= 11 is 0. The summed E-state index contributed by atoms with van der Waals surface area (Å²) in [7, 11) is 1.65. The molecule has 0 bridgehead atoms. The highest BCUT2D eigenvalue weighted by Gasteiger charge is 2.24. The van der Waals surface area contributed by atoms with Crippen molar-refractivity contribution in [3.05, 3.63) is 89.7 Å². The third kappa shape index (κ3) is 3.20. The van der Waals surface area contributed by atoms with Crippen molar-refractivity contribution in [2.24, 2.45) is 0 Å². The van der Waals surface area contributed by atoms with Crippen LogP contribution in [0.15, 0.2) is 72.8 Å². The lowest BCUT2D eigenvalue weighted by molar-refractivity contribution is 0.301. The molecule has 0 spiro atoms. The number of ether oxygens (including phenoxy) is 2. The van der Waals surface area contributed by atoms with Gasteiger partial charge in [-0.3, -0.25) is 0 Å². The Hall–Kier alpha value is -3.66. The zero-order valence-electron chi connectivity index (χ0n) is 16.8. The third-order valence-corrected chi connectivity index (χ3v) is 5.44. The van der Waals surface area contributed by atoms with Crippen molar-refractivity contribution in [1.82, 2.24) is 4.98 Å². The molecule has 0 N–H and O–H groups in total. The molecule has 0 amide bonds. The first-order chi connectivity index (χ1) is 14.6. The summed E-state index contributed by atoms with van der Waals surface area (Å²) in [6.07, 6.45) is 0. The van der Waals surface area contributed by atoms with Crippen molar-refractivity contribution in [3.8, 4) is 45.1 Å². The van der Waals surface area contributed by atoms with Crippen molar-refractivity contribution in [3.63, 3.8) is 0 Å². The number of fused-ring (bicyclic) bond motifs is 3. The van der Waals surface area contributed by atoms with Gasteiger partial charge >= 0.3 is 0 Å². The highest BCUT2D eigenvalue weighted by atomic mass is 19.1. The van der Waals surface area contributed by atoms with Crippen LogP contribution in [0.4, 0.5) is 4.39 Å². The minimum absolute atomic E-state index is 0.307. The Morgan fingerprint density at radius 2 is 1.60 bits per heavy atom. The molecule has 3 aromatic carbocycles. The first kappa shape index (κ1) is 18.4. The molecule has 1 aromatic heterocycles. The van der Waals surface area contributed by atoms with Gasteiger partial charge in [-0.2, -0.15) is 0 Å². The Morgan fingerprint density at radius 1 is 0.867 bits per heavy atom. The van der Waals surface area contributed by atoms with Gasteiger partial charge < -0.3 is 9.47 Å². The molecule has 1 aliphatic heterocycles. The summed E-state index contributed by atoms with van der Waals surface area (Å²) in [6, 6.07) is 22.8. The SMILES string of the molecule is COc1ccc(-c2cc(-c3ccc(C)cc3)nc3c2COc2ccc(F)cc2-3)cc1. The second kappa shape index (κ2) is 7.30. The number of aromatic nitrogens is 1. The molecule has 0 saturated carbocycles. The van der Waals surface area contributed by atoms with E-state index in [1.807, 2.05) is 24.3 Å². The van der Waals surface area contributed by atoms with Crippen LogP contribution in [0, 0.1) is 12.7 Å². The molecular formula is C26H20FNO2. The number of benzene rings is 3. The van der Waals surface area contributed by atoms with Crippen molar-refractivity contribution in [2.45, 2.75) is 13.5 Å². The number of pyridine rings is 1. The molecule has 3 nitrogen and oxygen atoms in total. The smallest absolute Gasteiger partial charge is 0.129 e. The molecule has 0 atom stereocenters. The van der Waals surface area contributed by atoms with E-state index < -0.39 is 0 Å². The fourth-order valence-corrected chi connectivity index (χ4v) is 3.80. The van der Waals surface area contributed by atoms with E-state index in [-0.39, 0.29) is 5.82 Å². The number of hydrogen-bond donors (Lipinski definition) is 0. The van der Waals surface area contributed by atoms with Crippen molar-refractivity contribution < 1.29 is 13.9 Å². The van der Waals surface area contributed by atoms with Gasteiger partial charge in [0.25, 0.3) is 0 Å². The monoisotopic (exact) mass is 397 g/mol. The molecule has 0 unspecified atom stereocenters. The van der Waals surface area contributed by atoms with Gasteiger partial charge in [-0.1, -0.05) is 42.0 Å². The molecule has 1 aliphatic rings. The number of aryl methyl sites for hydroxylation is 1. The topological polar surface area (TPSA) is 31.4 Å². The molecule has 5 rings (SSSR count). The Balaban J connectivity index is 1.76. The van der Waals surface area contributed by atoms with E-state index in [1.165, 1.54) is 17.7 Å². The van der Waals surface area contributed by atoms with Gasteiger partial charge in [-0.05, 0) is 54.4 Å². The van der Waals surface area contributed by atoms with Gasteiger partial charge in [0.15, 0.2) is 0 Å². The summed E-state index contributed by atoms with van der Waals surface area (Å²) in [5.74, 6) is 1.14. The second-order valence-electron chi connectivity index (χ2n) is 7.41. The van der Waals surface area contributed by atoms with Crippen LogP contribution in [0.3, 0.4) is 0 Å². The average molecular weight is 397 g/mol. The number of methoxy groups -OCH3 is 1. The van der Waals surface area contributed by atoms with Crippen LogP contribution < -0.4 is 9.47 Å². The molecule has 30 heavy (non-hydrogen) atoms. The molecule has 4 aromatic rings. The van der Waals surface area contributed by atoms with Crippen molar-refractivity contribution in [2.75, 3.05) is 7.11 Å². The second-order valence-corrected chi connectivity index (χ2v) is 7.41. The van der Waals surface area contributed by atoms with Gasteiger partial charge in [-0.25, -0.2) is 9.37 Å². The highest BCUT2D eigenvalue weighted by molar-refractivity contribution is 5.83.